The number of carbonyl (C=O) groups excluding carboxylic acids is 1. The number of rotatable bonds is 6. The topological polar surface area (TPSA) is 78.4 Å². The van der Waals surface area contributed by atoms with E-state index in [1.165, 1.54) is 0 Å². The van der Waals surface area contributed by atoms with E-state index in [1.54, 1.807) is 18.7 Å². The molecule has 1 atom stereocenters. The van der Waals surface area contributed by atoms with Crippen molar-refractivity contribution in [3.05, 3.63) is 0 Å². The Morgan fingerprint density at radius 1 is 1.32 bits per heavy atom. The van der Waals surface area contributed by atoms with Crippen molar-refractivity contribution in [2.24, 2.45) is 5.92 Å². The molecule has 2 aliphatic rings. The van der Waals surface area contributed by atoms with Gasteiger partial charge in [0.25, 0.3) is 0 Å². The molecule has 1 saturated carbocycles. The van der Waals surface area contributed by atoms with Crippen molar-refractivity contribution in [3.8, 4) is 0 Å². The van der Waals surface area contributed by atoms with Gasteiger partial charge in [0.05, 0.1) is 5.75 Å². The lowest BCUT2D eigenvalue weighted by atomic mass is 9.96. The number of nitrogens with one attached hydrogen (secondary N) is 2. The van der Waals surface area contributed by atoms with Gasteiger partial charge in [-0.3, -0.25) is 4.79 Å². The van der Waals surface area contributed by atoms with Crippen LogP contribution in [-0.2, 0) is 9.59 Å². The van der Waals surface area contributed by atoms with Crippen molar-refractivity contribution in [2.45, 2.75) is 43.4 Å². The van der Waals surface area contributed by atoms with Crippen molar-refractivity contribution in [1.82, 2.24) is 10.6 Å². The van der Waals surface area contributed by atoms with Gasteiger partial charge in [0.2, 0.25) is 5.91 Å². The first-order valence-corrected chi connectivity index (χ1v) is 7.94. The van der Waals surface area contributed by atoms with Gasteiger partial charge in [0.1, 0.15) is 5.54 Å². The van der Waals surface area contributed by atoms with E-state index >= 15 is 0 Å². The third kappa shape index (κ3) is 3.86. The summed E-state index contributed by atoms with van der Waals surface area (Å²) in [5.74, 6) is -0.617. The number of carboxylic acid groups (broad SMARTS) is 1. The molecule has 5 nitrogen and oxygen atoms in total. The summed E-state index contributed by atoms with van der Waals surface area (Å²) in [5, 5.41) is 15.8. The van der Waals surface area contributed by atoms with E-state index in [2.05, 4.69) is 10.6 Å². The summed E-state index contributed by atoms with van der Waals surface area (Å²) >= 11 is 1.65. The number of thioether (sulfide) groups is 1. The van der Waals surface area contributed by atoms with Crippen molar-refractivity contribution in [3.63, 3.8) is 0 Å². The van der Waals surface area contributed by atoms with Gasteiger partial charge in [-0.05, 0) is 51.6 Å². The average molecular weight is 286 g/mol. The molecule has 0 radical (unpaired) electrons. The van der Waals surface area contributed by atoms with E-state index in [0.29, 0.717) is 11.0 Å². The quantitative estimate of drug-likeness (QED) is 0.674. The fourth-order valence-electron chi connectivity index (χ4n) is 2.47. The first-order valence-electron chi connectivity index (χ1n) is 6.89. The molecule has 6 heteroatoms. The molecule has 2 rings (SSSR count). The number of aliphatic carboxylic acids is 1. The maximum atomic E-state index is 11.9. The summed E-state index contributed by atoms with van der Waals surface area (Å²) in [6, 6.07) is 0. The second kappa shape index (κ2) is 6.13. The monoisotopic (exact) mass is 286 g/mol. The molecule has 0 aromatic heterocycles. The Hall–Kier alpha value is -0.750. The third-order valence-corrected chi connectivity index (χ3v) is 5.35. The second-order valence-corrected chi connectivity index (χ2v) is 6.88. The summed E-state index contributed by atoms with van der Waals surface area (Å²) in [7, 11) is 0. The SMILES string of the molecule is CC(NC(=O)CSC1CCNCC1)(C(=O)O)C1CC1. The van der Waals surface area contributed by atoms with Crippen molar-refractivity contribution in [1.29, 1.82) is 0 Å². The minimum absolute atomic E-state index is 0.0952. The van der Waals surface area contributed by atoms with Gasteiger partial charge in [0, 0.05) is 5.25 Å². The Morgan fingerprint density at radius 2 is 1.95 bits per heavy atom. The van der Waals surface area contributed by atoms with Crippen LogP contribution in [0.15, 0.2) is 0 Å². The highest BCUT2D eigenvalue weighted by Crippen LogP contribution is 2.39. The van der Waals surface area contributed by atoms with Crippen LogP contribution in [0.25, 0.3) is 0 Å². The number of hydrogen-bond acceptors (Lipinski definition) is 4. The minimum Gasteiger partial charge on any atom is -0.480 e. The first kappa shape index (κ1) is 14.7. The summed E-state index contributed by atoms with van der Waals surface area (Å²) in [5.41, 5.74) is -1.08. The van der Waals surface area contributed by atoms with E-state index in [1.807, 2.05) is 0 Å². The zero-order valence-corrected chi connectivity index (χ0v) is 12.1. The summed E-state index contributed by atoms with van der Waals surface area (Å²) < 4.78 is 0. The van der Waals surface area contributed by atoms with Crippen LogP contribution in [0.4, 0.5) is 0 Å². The molecule has 0 bridgehead atoms. The summed E-state index contributed by atoms with van der Waals surface area (Å²) in [6.07, 6.45) is 3.95. The van der Waals surface area contributed by atoms with Gasteiger partial charge in [0.15, 0.2) is 0 Å². The van der Waals surface area contributed by atoms with Gasteiger partial charge >= 0.3 is 5.97 Å². The smallest absolute Gasteiger partial charge is 0.329 e. The van der Waals surface area contributed by atoms with Gasteiger partial charge < -0.3 is 15.7 Å². The Balaban J connectivity index is 1.77. The highest BCUT2D eigenvalue weighted by molar-refractivity contribution is 8.00. The molecule has 0 spiro atoms. The van der Waals surface area contributed by atoms with Crippen LogP contribution in [0.3, 0.4) is 0 Å². The molecule has 2 fully saturated rings. The lowest BCUT2D eigenvalue weighted by Gasteiger charge is -2.27. The van der Waals surface area contributed by atoms with E-state index < -0.39 is 11.5 Å². The highest BCUT2D eigenvalue weighted by atomic mass is 32.2. The van der Waals surface area contributed by atoms with Crippen LogP contribution in [0.5, 0.6) is 0 Å². The molecule has 1 amide bonds. The summed E-state index contributed by atoms with van der Waals surface area (Å²) in [4.78, 5) is 23.2. The second-order valence-electron chi connectivity index (χ2n) is 5.59. The summed E-state index contributed by atoms with van der Waals surface area (Å²) in [6.45, 7) is 3.64. The van der Waals surface area contributed by atoms with Crippen LogP contribution in [0.1, 0.15) is 32.6 Å². The van der Waals surface area contributed by atoms with Crippen molar-refractivity contribution >= 4 is 23.6 Å². The maximum absolute atomic E-state index is 11.9. The number of carbonyl (C=O) groups is 2. The normalized spacial score (nSPS) is 23.6. The molecule has 3 N–H and O–H groups in total. The largest absolute Gasteiger partial charge is 0.480 e. The van der Waals surface area contributed by atoms with Gasteiger partial charge in [-0.2, -0.15) is 0 Å². The number of piperidine rings is 1. The highest BCUT2D eigenvalue weighted by Gasteiger charge is 2.48. The molecule has 0 aromatic rings. The third-order valence-electron chi connectivity index (χ3n) is 3.97. The van der Waals surface area contributed by atoms with Crippen LogP contribution in [0.2, 0.25) is 0 Å². The molecule has 1 aliphatic heterocycles. The molecular weight excluding hydrogens is 264 g/mol. The van der Waals surface area contributed by atoms with Crippen molar-refractivity contribution < 1.29 is 14.7 Å². The predicted molar refractivity (Wildman–Crippen MR) is 75.3 cm³/mol. The fourth-order valence-corrected chi connectivity index (χ4v) is 3.50. The van der Waals surface area contributed by atoms with E-state index in [9.17, 15) is 14.7 Å². The number of amides is 1. The molecule has 0 aromatic carbocycles. The standard InChI is InChI=1S/C13H22N2O3S/c1-13(12(17)18,9-2-3-9)15-11(16)8-19-10-4-6-14-7-5-10/h9-10,14H,2-8H2,1H3,(H,15,16)(H,17,18). The van der Waals surface area contributed by atoms with Gasteiger partial charge in [-0.15, -0.1) is 11.8 Å². The Bertz CT molecular complexity index is 354. The van der Waals surface area contributed by atoms with E-state index in [-0.39, 0.29) is 11.8 Å². The van der Waals surface area contributed by atoms with E-state index in [0.717, 1.165) is 38.8 Å². The Kier molecular flexibility index (Phi) is 4.73. The predicted octanol–water partition coefficient (Wildman–Crippen LogP) is 0.841. The van der Waals surface area contributed by atoms with Crippen LogP contribution < -0.4 is 10.6 Å². The molecule has 1 unspecified atom stereocenters. The molecule has 108 valence electrons. The van der Waals surface area contributed by atoms with Crippen LogP contribution in [0, 0.1) is 5.92 Å². The lowest BCUT2D eigenvalue weighted by molar-refractivity contribution is -0.147. The van der Waals surface area contributed by atoms with Crippen LogP contribution >= 0.6 is 11.8 Å². The Labute approximate surface area is 117 Å². The minimum atomic E-state index is -1.08. The molecular formula is C13H22N2O3S. The van der Waals surface area contributed by atoms with Gasteiger partial charge in [-0.25, -0.2) is 4.79 Å². The maximum Gasteiger partial charge on any atom is 0.329 e. The first-order chi connectivity index (χ1) is 9.02. The lowest BCUT2D eigenvalue weighted by Crippen LogP contribution is -2.54. The zero-order valence-electron chi connectivity index (χ0n) is 11.3. The van der Waals surface area contributed by atoms with Crippen molar-refractivity contribution in [2.75, 3.05) is 18.8 Å². The molecule has 1 aliphatic carbocycles. The zero-order chi connectivity index (χ0) is 13.9. The molecule has 19 heavy (non-hydrogen) atoms. The van der Waals surface area contributed by atoms with Crippen LogP contribution in [-0.4, -0.2) is 46.6 Å². The fraction of sp³-hybridized carbons (Fsp3) is 0.846. The van der Waals surface area contributed by atoms with Gasteiger partial charge in [-0.1, -0.05) is 0 Å². The molecule has 1 saturated heterocycles. The number of carboxylic acids is 1. The Morgan fingerprint density at radius 3 is 2.47 bits per heavy atom. The number of hydrogen-bond donors (Lipinski definition) is 3. The van der Waals surface area contributed by atoms with E-state index in [4.69, 9.17) is 0 Å². The molecule has 1 heterocycles. The average Bonchev–Trinajstić information content (AvgIpc) is 3.22.